The van der Waals surface area contributed by atoms with Gasteiger partial charge in [0.2, 0.25) is 0 Å². The van der Waals surface area contributed by atoms with Crippen molar-refractivity contribution in [1.82, 2.24) is 4.98 Å². The molecule has 0 saturated heterocycles. The maximum atomic E-state index is 10.6. The number of aldehydes is 1. The Balaban J connectivity index is 2.45. The van der Waals surface area contributed by atoms with Crippen molar-refractivity contribution in [2.24, 2.45) is 0 Å². The van der Waals surface area contributed by atoms with E-state index in [9.17, 15) is 4.79 Å². The smallest absolute Gasteiger partial charge is 0.166 e. The number of aromatic nitrogens is 1. The van der Waals surface area contributed by atoms with Gasteiger partial charge in [0.05, 0.1) is 11.2 Å². The Morgan fingerprint density at radius 2 is 2.13 bits per heavy atom. The van der Waals surface area contributed by atoms with Gasteiger partial charge in [-0.2, -0.15) is 0 Å². The van der Waals surface area contributed by atoms with Crippen LogP contribution in [0.2, 0.25) is 0 Å². The molecule has 0 aliphatic carbocycles. The first kappa shape index (κ1) is 8.73. The summed E-state index contributed by atoms with van der Waals surface area (Å²) >= 11 is 3.38. The average molecular weight is 264 g/mol. The van der Waals surface area contributed by atoms with Gasteiger partial charge in [-0.15, -0.1) is 0 Å². The lowest BCUT2D eigenvalue weighted by Gasteiger charge is -1.89. The third-order valence-electron chi connectivity index (χ3n) is 2.36. The van der Waals surface area contributed by atoms with E-state index in [0.717, 1.165) is 27.2 Å². The van der Waals surface area contributed by atoms with E-state index in [1.807, 2.05) is 18.2 Å². The van der Waals surface area contributed by atoms with Crippen molar-refractivity contribution in [2.45, 2.75) is 0 Å². The summed E-state index contributed by atoms with van der Waals surface area (Å²) in [5.74, 6) is 0. The summed E-state index contributed by atoms with van der Waals surface area (Å²) in [6.45, 7) is 0. The molecular formula is C11H6BrNO2. The molecule has 3 nitrogen and oxygen atoms in total. The number of aromatic amines is 1. The summed E-state index contributed by atoms with van der Waals surface area (Å²) in [5, 5.41) is 0.987. The standard InChI is InChI=1S/C11H6BrNO2/c12-6-1-2-8-9(3-6)15-10-4-7(5-14)13-11(8)10/h1-5,13H. The number of furan rings is 1. The van der Waals surface area contributed by atoms with E-state index >= 15 is 0 Å². The van der Waals surface area contributed by atoms with Gasteiger partial charge < -0.3 is 9.40 Å². The van der Waals surface area contributed by atoms with Crippen LogP contribution in [0.25, 0.3) is 22.1 Å². The molecule has 0 spiro atoms. The largest absolute Gasteiger partial charge is 0.454 e. The number of hydrogen-bond acceptors (Lipinski definition) is 2. The Hall–Kier alpha value is -1.55. The molecule has 3 aromatic rings. The van der Waals surface area contributed by atoms with Crippen molar-refractivity contribution in [2.75, 3.05) is 0 Å². The molecule has 0 unspecified atom stereocenters. The summed E-state index contributed by atoms with van der Waals surface area (Å²) < 4.78 is 6.57. The van der Waals surface area contributed by atoms with Crippen LogP contribution < -0.4 is 0 Å². The van der Waals surface area contributed by atoms with Crippen LogP contribution in [0.5, 0.6) is 0 Å². The second-order valence-corrected chi connectivity index (χ2v) is 4.24. The average Bonchev–Trinajstić information content (AvgIpc) is 2.73. The van der Waals surface area contributed by atoms with Crippen molar-refractivity contribution >= 4 is 44.3 Å². The number of benzene rings is 1. The summed E-state index contributed by atoms with van der Waals surface area (Å²) in [4.78, 5) is 13.6. The van der Waals surface area contributed by atoms with Gasteiger partial charge in [0.25, 0.3) is 0 Å². The van der Waals surface area contributed by atoms with E-state index in [4.69, 9.17) is 4.42 Å². The molecular weight excluding hydrogens is 258 g/mol. The maximum Gasteiger partial charge on any atom is 0.166 e. The van der Waals surface area contributed by atoms with Crippen LogP contribution >= 0.6 is 15.9 Å². The molecule has 0 atom stereocenters. The van der Waals surface area contributed by atoms with Gasteiger partial charge in [0.1, 0.15) is 5.58 Å². The predicted octanol–water partition coefficient (Wildman–Crippen LogP) is 3.49. The Morgan fingerprint density at radius 3 is 2.93 bits per heavy atom. The zero-order valence-corrected chi connectivity index (χ0v) is 9.17. The zero-order chi connectivity index (χ0) is 10.4. The summed E-state index contributed by atoms with van der Waals surface area (Å²) in [6, 6.07) is 7.51. The fourth-order valence-corrected chi connectivity index (χ4v) is 2.05. The molecule has 0 aliphatic heterocycles. The van der Waals surface area contributed by atoms with Crippen LogP contribution in [0.3, 0.4) is 0 Å². The molecule has 0 aliphatic rings. The van der Waals surface area contributed by atoms with Gasteiger partial charge in [-0.3, -0.25) is 4.79 Å². The van der Waals surface area contributed by atoms with Crippen molar-refractivity contribution in [3.63, 3.8) is 0 Å². The van der Waals surface area contributed by atoms with Gasteiger partial charge >= 0.3 is 0 Å². The van der Waals surface area contributed by atoms with Crippen LogP contribution in [-0.2, 0) is 0 Å². The Morgan fingerprint density at radius 1 is 1.27 bits per heavy atom. The Labute approximate surface area is 93.2 Å². The third-order valence-corrected chi connectivity index (χ3v) is 2.86. The zero-order valence-electron chi connectivity index (χ0n) is 7.58. The molecule has 2 aromatic heterocycles. The number of H-pyrrole nitrogens is 1. The molecule has 0 radical (unpaired) electrons. The van der Waals surface area contributed by atoms with Crippen LogP contribution in [-0.4, -0.2) is 11.3 Å². The first-order valence-corrected chi connectivity index (χ1v) is 5.23. The predicted molar refractivity (Wildman–Crippen MR) is 61.2 cm³/mol. The lowest BCUT2D eigenvalue weighted by Crippen LogP contribution is -1.76. The fourth-order valence-electron chi connectivity index (χ4n) is 1.71. The number of halogens is 1. The van der Waals surface area contributed by atoms with E-state index < -0.39 is 0 Å². The second-order valence-electron chi connectivity index (χ2n) is 3.32. The Bertz CT molecular complexity index is 666. The lowest BCUT2D eigenvalue weighted by atomic mass is 10.2. The highest BCUT2D eigenvalue weighted by atomic mass is 79.9. The number of rotatable bonds is 1. The first-order chi connectivity index (χ1) is 7.28. The SMILES string of the molecule is O=Cc1cc2oc3cc(Br)ccc3c2[nH]1. The van der Waals surface area contributed by atoms with E-state index in [1.165, 1.54) is 0 Å². The highest BCUT2D eigenvalue weighted by molar-refractivity contribution is 9.10. The normalized spacial score (nSPS) is 11.3. The van der Waals surface area contributed by atoms with E-state index in [0.29, 0.717) is 11.3 Å². The number of nitrogens with one attached hydrogen (secondary N) is 1. The number of hydrogen-bond donors (Lipinski definition) is 1. The topological polar surface area (TPSA) is 46.0 Å². The van der Waals surface area contributed by atoms with Gasteiger partial charge in [-0.1, -0.05) is 15.9 Å². The van der Waals surface area contributed by atoms with Crippen molar-refractivity contribution in [3.05, 3.63) is 34.4 Å². The molecule has 0 saturated carbocycles. The maximum absolute atomic E-state index is 10.6. The minimum absolute atomic E-state index is 0.536. The monoisotopic (exact) mass is 263 g/mol. The molecule has 1 N–H and O–H groups in total. The number of carbonyl (C=O) groups excluding carboxylic acids is 1. The van der Waals surface area contributed by atoms with Crippen LogP contribution in [0.1, 0.15) is 10.5 Å². The molecule has 0 fully saturated rings. The molecule has 4 heteroatoms. The van der Waals surface area contributed by atoms with E-state index in [2.05, 4.69) is 20.9 Å². The summed E-state index contributed by atoms with van der Waals surface area (Å²) in [6.07, 6.45) is 0.778. The van der Waals surface area contributed by atoms with Crippen LogP contribution in [0.4, 0.5) is 0 Å². The van der Waals surface area contributed by atoms with E-state index in [-0.39, 0.29) is 0 Å². The van der Waals surface area contributed by atoms with E-state index in [1.54, 1.807) is 6.07 Å². The summed E-state index contributed by atoms with van der Waals surface area (Å²) in [7, 11) is 0. The van der Waals surface area contributed by atoms with Gasteiger partial charge in [-0.25, -0.2) is 0 Å². The highest BCUT2D eigenvalue weighted by Crippen LogP contribution is 2.30. The fraction of sp³-hybridized carbons (Fsp3) is 0. The molecule has 74 valence electrons. The number of carbonyl (C=O) groups is 1. The van der Waals surface area contributed by atoms with Crippen molar-refractivity contribution in [1.29, 1.82) is 0 Å². The van der Waals surface area contributed by atoms with Gasteiger partial charge in [0.15, 0.2) is 11.9 Å². The minimum Gasteiger partial charge on any atom is -0.454 e. The van der Waals surface area contributed by atoms with Gasteiger partial charge in [0, 0.05) is 15.9 Å². The van der Waals surface area contributed by atoms with Gasteiger partial charge in [-0.05, 0) is 18.2 Å². The molecule has 2 heterocycles. The molecule has 15 heavy (non-hydrogen) atoms. The quantitative estimate of drug-likeness (QED) is 0.684. The summed E-state index contributed by atoms with van der Waals surface area (Å²) in [5.41, 5.74) is 2.93. The van der Waals surface area contributed by atoms with Crippen LogP contribution in [0, 0.1) is 0 Å². The van der Waals surface area contributed by atoms with Crippen LogP contribution in [0.15, 0.2) is 33.2 Å². The lowest BCUT2D eigenvalue weighted by molar-refractivity contribution is 0.111. The second kappa shape index (κ2) is 2.97. The van der Waals surface area contributed by atoms with Crippen molar-refractivity contribution in [3.8, 4) is 0 Å². The minimum atomic E-state index is 0.536. The molecule has 0 amide bonds. The molecule has 0 bridgehead atoms. The highest BCUT2D eigenvalue weighted by Gasteiger charge is 2.09. The number of fused-ring (bicyclic) bond motifs is 3. The van der Waals surface area contributed by atoms with Crippen molar-refractivity contribution < 1.29 is 9.21 Å². The third kappa shape index (κ3) is 1.22. The first-order valence-electron chi connectivity index (χ1n) is 4.44. The Kier molecular flexibility index (Phi) is 1.73. The molecule has 1 aromatic carbocycles. The molecule has 3 rings (SSSR count).